The van der Waals surface area contributed by atoms with Crippen LogP contribution < -0.4 is 9.64 Å². The second-order valence-corrected chi connectivity index (χ2v) is 9.63. The SMILES string of the molecule is CC1=C[C@H]2C[C@H]1[C@H]1C(=O)N(c3cccc(OCC(=O)c4ccc(-c5ccccc5)cc4)c3)C(=O)[C@H]12. The maximum Gasteiger partial charge on any atom is 0.238 e. The van der Waals surface area contributed by atoms with Gasteiger partial charge >= 0.3 is 0 Å². The fourth-order valence-corrected chi connectivity index (χ4v) is 5.95. The summed E-state index contributed by atoms with van der Waals surface area (Å²) >= 11 is 0. The number of ketones is 1. The summed E-state index contributed by atoms with van der Waals surface area (Å²) in [5.41, 5.74) is 4.43. The van der Waals surface area contributed by atoms with Gasteiger partial charge in [-0.05, 0) is 48.4 Å². The minimum atomic E-state index is -0.249. The van der Waals surface area contributed by atoms with Crippen LogP contribution in [0.1, 0.15) is 23.7 Å². The van der Waals surface area contributed by atoms with Crippen LogP contribution in [0.2, 0.25) is 0 Å². The fraction of sp³-hybridized carbons (Fsp3) is 0.233. The predicted molar refractivity (Wildman–Crippen MR) is 133 cm³/mol. The highest BCUT2D eigenvalue weighted by Crippen LogP contribution is 2.56. The van der Waals surface area contributed by atoms with E-state index in [-0.39, 0.29) is 47.9 Å². The summed E-state index contributed by atoms with van der Waals surface area (Å²) in [5.74, 6) is -0.0883. The Kier molecular flexibility index (Phi) is 5.14. The van der Waals surface area contributed by atoms with Crippen molar-refractivity contribution in [1.82, 2.24) is 0 Å². The van der Waals surface area contributed by atoms with Crippen LogP contribution in [0.4, 0.5) is 5.69 Å². The third-order valence-corrected chi connectivity index (χ3v) is 7.64. The molecule has 2 aliphatic carbocycles. The first-order chi connectivity index (χ1) is 17.0. The first kappa shape index (κ1) is 21.5. The minimum Gasteiger partial charge on any atom is -0.485 e. The lowest BCUT2D eigenvalue weighted by Crippen LogP contribution is -2.32. The lowest BCUT2D eigenvalue weighted by Gasteiger charge is -2.19. The molecule has 3 aliphatic rings. The summed E-state index contributed by atoms with van der Waals surface area (Å²) in [6.07, 6.45) is 3.07. The molecule has 0 unspecified atom stereocenters. The van der Waals surface area contributed by atoms with E-state index in [4.69, 9.17) is 4.74 Å². The van der Waals surface area contributed by atoms with E-state index in [1.807, 2.05) is 42.5 Å². The number of Topliss-reactive ketones (excluding diaryl/α,β-unsaturated/α-hetero) is 1. The average Bonchev–Trinajstić information content (AvgIpc) is 3.53. The molecule has 6 rings (SSSR count). The molecule has 4 atom stereocenters. The average molecular weight is 464 g/mol. The van der Waals surface area contributed by atoms with E-state index >= 15 is 0 Å². The molecule has 2 amide bonds. The molecule has 0 radical (unpaired) electrons. The van der Waals surface area contributed by atoms with Crippen LogP contribution in [0.3, 0.4) is 0 Å². The Morgan fingerprint density at radius 2 is 1.60 bits per heavy atom. The molecular weight excluding hydrogens is 438 g/mol. The van der Waals surface area contributed by atoms with Crippen LogP contribution in [0.15, 0.2) is 90.5 Å². The van der Waals surface area contributed by atoms with Crippen molar-refractivity contribution in [2.45, 2.75) is 13.3 Å². The Morgan fingerprint density at radius 1 is 0.886 bits per heavy atom. The van der Waals surface area contributed by atoms with E-state index in [9.17, 15) is 14.4 Å². The van der Waals surface area contributed by atoms with Crippen LogP contribution >= 0.6 is 0 Å². The lowest BCUT2D eigenvalue weighted by atomic mass is 9.82. The molecule has 0 N–H and O–H groups in total. The number of anilines is 1. The van der Waals surface area contributed by atoms with Crippen LogP contribution in [0, 0.1) is 23.7 Å². The standard InChI is InChI=1S/C30H25NO4/c1-18-14-22-15-25(18)28-27(22)29(33)31(30(28)34)23-8-5-9-24(16-23)35-17-26(32)21-12-10-20(11-13-21)19-6-3-2-4-7-19/h2-14,16,22,25,27-28H,15,17H2,1H3/t22-,25+,27-,28+/m0/s1. The van der Waals surface area contributed by atoms with E-state index in [0.717, 1.165) is 17.5 Å². The van der Waals surface area contributed by atoms with Gasteiger partial charge in [0.15, 0.2) is 12.4 Å². The van der Waals surface area contributed by atoms with Crippen molar-refractivity contribution in [1.29, 1.82) is 0 Å². The van der Waals surface area contributed by atoms with E-state index in [0.29, 0.717) is 17.0 Å². The van der Waals surface area contributed by atoms with Crippen LogP contribution in [-0.4, -0.2) is 24.2 Å². The van der Waals surface area contributed by atoms with E-state index in [2.05, 4.69) is 13.0 Å². The van der Waals surface area contributed by atoms with Gasteiger partial charge in [-0.3, -0.25) is 14.4 Å². The molecule has 1 heterocycles. The van der Waals surface area contributed by atoms with Crippen molar-refractivity contribution < 1.29 is 19.1 Å². The molecule has 2 bridgehead atoms. The number of fused-ring (bicyclic) bond motifs is 5. The Balaban J connectivity index is 1.14. The van der Waals surface area contributed by atoms with Crippen molar-refractivity contribution in [3.05, 3.63) is 96.1 Å². The van der Waals surface area contributed by atoms with Gasteiger partial charge in [0.25, 0.3) is 0 Å². The second-order valence-electron chi connectivity index (χ2n) is 9.63. The number of carbonyl (C=O) groups excluding carboxylic acids is 3. The van der Waals surface area contributed by atoms with Crippen LogP contribution in [0.5, 0.6) is 5.75 Å². The van der Waals surface area contributed by atoms with Crippen molar-refractivity contribution in [2.24, 2.45) is 23.7 Å². The van der Waals surface area contributed by atoms with Crippen molar-refractivity contribution in [3.8, 4) is 16.9 Å². The molecule has 5 nitrogen and oxygen atoms in total. The molecule has 0 spiro atoms. The predicted octanol–water partition coefficient (Wildman–Crippen LogP) is 5.32. The van der Waals surface area contributed by atoms with Crippen molar-refractivity contribution in [3.63, 3.8) is 0 Å². The molecule has 1 saturated heterocycles. The van der Waals surface area contributed by atoms with Gasteiger partial charge in [0, 0.05) is 11.6 Å². The number of allylic oxidation sites excluding steroid dienone is 2. The topological polar surface area (TPSA) is 63.7 Å². The van der Waals surface area contributed by atoms with Gasteiger partial charge in [0.1, 0.15) is 5.75 Å². The van der Waals surface area contributed by atoms with Gasteiger partial charge in [-0.2, -0.15) is 0 Å². The van der Waals surface area contributed by atoms with Crippen LogP contribution in [0.25, 0.3) is 11.1 Å². The zero-order valence-electron chi connectivity index (χ0n) is 19.4. The number of ether oxygens (including phenoxy) is 1. The highest BCUT2D eigenvalue weighted by atomic mass is 16.5. The molecule has 1 saturated carbocycles. The first-order valence-corrected chi connectivity index (χ1v) is 12.0. The smallest absolute Gasteiger partial charge is 0.238 e. The number of hydrogen-bond acceptors (Lipinski definition) is 4. The van der Waals surface area contributed by atoms with Gasteiger partial charge in [-0.15, -0.1) is 0 Å². The van der Waals surface area contributed by atoms with E-state index in [1.165, 1.54) is 10.5 Å². The second kappa shape index (κ2) is 8.35. The number of rotatable bonds is 6. The number of nitrogens with zero attached hydrogens (tertiary/aromatic N) is 1. The molecular formula is C30H25NO4. The summed E-state index contributed by atoms with van der Waals surface area (Å²) < 4.78 is 5.76. The Hall–Kier alpha value is -3.99. The summed E-state index contributed by atoms with van der Waals surface area (Å²) in [4.78, 5) is 40.4. The monoisotopic (exact) mass is 463 g/mol. The molecule has 0 aromatic heterocycles. The third-order valence-electron chi connectivity index (χ3n) is 7.64. The molecule has 35 heavy (non-hydrogen) atoms. The van der Waals surface area contributed by atoms with Gasteiger partial charge in [-0.1, -0.05) is 72.3 Å². The summed E-state index contributed by atoms with van der Waals surface area (Å²) in [6, 6.07) is 24.3. The summed E-state index contributed by atoms with van der Waals surface area (Å²) in [5, 5.41) is 0. The highest BCUT2D eigenvalue weighted by molar-refractivity contribution is 6.23. The Labute approximate surface area is 204 Å². The van der Waals surface area contributed by atoms with E-state index in [1.54, 1.807) is 36.4 Å². The molecule has 2 fully saturated rings. The third kappa shape index (κ3) is 3.59. The number of benzene rings is 3. The maximum atomic E-state index is 13.2. The number of carbonyl (C=O) groups is 3. The van der Waals surface area contributed by atoms with E-state index < -0.39 is 0 Å². The van der Waals surface area contributed by atoms with Gasteiger partial charge in [0.2, 0.25) is 11.8 Å². The van der Waals surface area contributed by atoms with Crippen molar-refractivity contribution in [2.75, 3.05) is 11.5 Å². The molecule has 1 aliphatic heterocycles. The maximum absolute atomic E-state index is 13.2. The minimum absolute atomic E-state index is 0.119. The fourth-order valence-electron chi connectivity index (χ4n) is 5.95. The van der Waals surface area contributed by atoms with Crippen LogP contribution in [-0.2, 0) is 9.59 Å². The Morgan fingerprint density at radius 3 is 2.37 bits per heavy atom. The quantitative estimate of drug-likeness (QED) is 0.282. The first-order valence-electron chi connectivity index (χ1n) is 12.0. The zero-order chi connectivity index (χ0) is 24.1. The lowest BCUT2D eigenvalue weighted by molar-refractivity contribution is -0.123. The van der Waals surface area contributed by atoms with Crippen molar-refractivity contribution >= 4 is 23.3 Å². The summed E-state index contributed by atoms with van der Waals surface area (Å²) in [6.45, 7) is 1.93. The normalized spacial score (nSPS) is 24.5. The molecule has 3 aromatic rings. The van der Waals surface area contributed by atoms with Gasteiger partial charge in [0.05, 0.1) is 17.5 Å². The van der Waals surface area contributed by atoms with Gasteiger partial charge in [-0.25, -0.2) is 4.90 Å². The number of imide groups is 1. The number of hydrogen-bond donors (Lipinski definition) is 0. The highest BCUT2D eigenvalue weighted by Gasteiger charge is 2.60. The number of amides is 2. The molecule has 5 heteroatoms. The Bertz CT molecular complexity index is 1360. The largest absolute Gasteiger partial charge is 0.485 e. The molecule has 3 aromatic carbocycles. The molecule has 174 valence electrons. The summed E-state index contributed by atoms with van der Waals surface area (Å²) in [7, 11) is 0. The zero-order valence-corrected chi connectivity index (χ0v) is 19.4. The van der Waals surface area contributed by atoms with Gasteiger partial charge < -0.3 is 4.74 Å².